The Morgan fingerprint density at radius 3 is 2.54 bits per heavy atom. The quantitative estimate of drug-likeness (QED) is 0.267. The van der Waals surface area contributed by atoms with Gasteiger partial charge in [0.25, 0.3) is 0 Å². The van der Waals surface area contributed by atoms with Crippen LogP contribution in [-0.4, -0.2) is 65.0 Å². The highest BCUT2D eigenvalue weighted by Gasteiger charge is 2.20. The Bertz CT molecular complexity index is 1360. The molecule has 0 bridgehead atoms. The van der Waals surface area contributed by atoms with Gasteiger partial charge in [-0.3, -0.25) is 9.67 Å². The third kappa shape index (κ3) is 5.92. The van der Waals surface area contributed by atoms with E-state index in [1.807, 2.05) is 25.4 Å². The zero-order valence-electron chi connectivity index (χ0n) is 21.4. The molecular formula is C27H32Cl2N6O2. The van der Waals surface area contributed by atoms with E-state index in [1.165, 1.54) is 25.9 Å². The van der Waals surface area contributed by atoms with Crippen molar-refractivity contribution >= 4 is 46.4 Å². The van der Waals surface area contributed by atoms with E-state index in [4.69, 9.17) is 26.1 Å². The highest BCUT2D eigenvalue weighted by Crippen LogP contribution is 2.42. The first-order valence-electron chi connectivity index (χ1n) is 12.2. The van der Waals surface area contributed by atoms with Gasteiger partial charge in [0.15, 0.2) is 0 Å². The number of anilines is 2. The predicted octanol–water partition coefficient (Wildman–Crippen LogP) is 5.75. The Morgan fingerprint density at radius 2 is 1.84 bits per heavy atom. The van der Waals surface area contributed by atoms with E-state index in [9.17, 15) is 0 Å². The van der Waals surface area contributed by atoms with E-state index in [2.05, 4.69) is 32.0 Å². The zero-order chi connectivity index (χ0) is 25.1. The van der Waals surface area contributed by atoms with E-state index >= 15 is 0 Å². The van der Waals surface area contributed by atoms with E-state index in [0.29, 0.717) is 16.5 Å². The van der Waals surface area contributed by atoms with Crippen molar-refractivity contribution in [3.63, 3.8) is 0 Å². The lowest BCUT2D eigenvalue weighted by Crippen LogP contribution is -2.26. The standard InChI is InChI=1S/C27H31ClN6O2.ClH/c1-32-18-19(16-30-32)24-17-29-22-8-7-20(13-23(22)31-24)34(12-6-11-33-9-4-5-10-33)25-14-21(35-2)15-26(36-3)27(25)28;/h7-8,13-18H,4-6,9-12H2,1-3H3;1H. The lowest BCUT2D eigenvalue weighted by molar-refractivity contribution is 0.336. The van der Waals surface area contributed by atoms with Gasteiger partial charge in [0, 0.05) is 43.2 Å². The van der Waals surface area contributed by atoms with Gasteiger partial charge in [-0.25, -0.2) is 4.98 Å². The average molecular weight is 543 g/mol. The number of aryl methyl sites for hydroxylation is 1. The maximum Gasteiger partial charge on any atom is 0.143 e. The molecule has 2 aromatic heterocycles. The van der Waals surface area contributed by atoms with Crippen molar-refractivity contribution in [2.45, 2.75) is 19.3 Å². The molecule has 10 heteroatoms. The lowest BCUT2D eigenvalue weighted by Gasteiger charge is -2.28. The van der Waals surface area contributed by atoms with Crippen molar-refractivity contribution in [2.75, 3.05) is 45.3 Å². The zero-order valence-corrected chi connectivity index (χ0v) is 22.9. The van der Waals surface area contributed by atoms with Gasteiger partial charge in [-0.05, 0) is 57.1 Å². The van der Waals surface area contributed by atoms with E-state index in [0.717, 1.165) is 53.2 Å². The third-order valence-corrected chi connectivity index (χ3v) is 7.01. The summed E-state index contributed by atoms with van der Waals surface area (Å²) in [6.07, 6.45) is 9.09. The molecule has 1 saturated heterocycles. The lowest BCUT2D eigenvalue weighted by atomic mass is 10.1. The Labute approximate surface area is 228 Å². The van der Waals surface area contributed by atoms with Gasteiger partial charge in [-0.1, -0.05) is 11.6 Å². The van der Waals surface area contributed by atoms with E-state index < -0.39 is 0 Å². The summed E-state index contributed by atoms with van der Waals surface area (Å²) in [6, 6.07) is 9.91. The number of methoxy groups -OCH3 is 2. The van der Waals surface area contributed by atoms with Crippen LogP contribution in [0.15, 0.2) is 48.9 Å². The minimum Gasteiger partial charge on any atom is -0.497 e. The van der Waals surface area contributed by atoms with Gasteiger partial charge in [-0.2, -0.15) is 5.10 Å². The van der Waals surface area contributed by atoms with Crippen LogP contribution in [0.5, 0.6) is 11.5 Å². The summed E-state index contributed by atoms with van der Waals surface area (Å²) in [6.45, 7) is 4.19. The molecular weight excluding hydrogens is 511 g/mol. The molecule has 1 aliphatic rings. The predicted molar refractivity (Wildman–Crippen MR) is 151 cm³/mol. The van der Waals surface area contributed by atoms with Crippen LogP contribution in [0, 0.1) is 0 Å². The smallest absolute Gasteiger partial charge is 0.143 e. The molecule has 1 fully saturated rings. The van der Waals surface area contributed by atoms with Crippen molar-refractivity contribution in [3.05, 3.63) is 53.9 Å². The number of rotatable bonds is 9. The number of aromatic nitrogens is 4. The molecule has 4 aromatic rings. The van der Waals surface area contributed by atoms with Gasteiger partial charge in [0.1, 0.15) is 16.5 Å². The highest BCUT2D eigenvalue weighted by molar-refractivity contribution is 6.35. The number of likely N-dealkylation sites (tertiary alicyclic amines) is 1. The second-order valence-electron chi connectivity index (χ2n) is 9.05. The Morgan fingerprint density at radius 1 is 1.03 bits per heavy atom. The maximum atomic E-state index is 6.84. The summed E-state index contributed by atoms with van der Waals surface area (Å²) in [5.74, 6) is 1.27. The van der Waals surface area contributed by atoms with Crippen LogP contribution in [0.1, 0.15) is 19.3 Å². The van der Waals surface area contributed by atoms with Crippen LogP contribution in [-0.2, 0) is 7.05 Å². The molecule has 196 valence electrons. The number of ether oxygens (including phenoxy) is 2. The van der Waals surface area contributed by atoms with E-state index in [1.54, 1.807) is 37.4 Å². The molecule has 0 radical (unpaired) electrons. The van der Waals surface area contributed by atoms with E-state index in [-0.39, 0.29) is 12.4 Å². The number of hydrogen-bond acceptors (Lipinski definition) is 7. The Kier molecular flexibility index (Phi) is 8.74. The minimum atomic E-state index is 0. The summed E-state index contributed by atoms with van der Waals surface area (Å²) in [7, 11) is 5.16. The second kappa shape index (κ2) is 12.0. The van der Waals surface area contributed by atoms with Crippen LogP contribution < -0.4 is 14.4 Å². The summed E-state index contributed by atoms with van der Waals surface area (Å²) >= 11 is 6.84. The molecule has 8 nitrogen and oxygen atoms in total. The van der Waals surface area contributed by atoms with Crippen molar-refractivity contribution in [1.29, 1.82) is 0 Å². The summed E-state index contributed by atoms with van der Waals surface area (Å²) < 4.78 is 12.9. The molecule has 0 spiro atoms. The van der Waals surface area contributed by atoms with Gasteiger partial charge in [0.05, 0.1) is 49.0 Å². The van der Waals surface area contributed by atoms with Crippen LogP contribution in [0.4, 0.5) is 11.4 Å². The number of hydrogen-bond donors (Lipinski definition) is 0. The molecule has 0 amide bonds. The SMILES string of the molecule is COc1cc(OC)c(Cl)c(N(CCCN2CCCC2)c2ccc3ncc(-c4cnn(C)c4)nc3c2)c1.Cl. The Balaban J connectivity index is 0.00000320. The van der Waals surface area contributed by atoms with Gasteiger partial charge in [0.2, 0.25) is 0 Å². The van der Waals surface area contributed by atoms with Crippen LogP contribution >= 0.6 is 24.0 Å². The first-order valence-corrected chi connectivity index (χ1v) is 12.6. The molecule has 0 unspecified atom stereocenters. The van der Waals surface area contributed by atoms with Crippen LogP contribution in [0.25, 0.3) is 22.3 Å². The molecule has 0 saturated carbocycles. The molecule has 0 atom stereocenters. The monoisotopic (exact) mass is 542 g/mol. The van der Waals surface area contributed by atoms with Gasteiger partial charge >= 0.3 is 0 Å². The molecule has 0 aliphatic carbocycles. The highest BCUT2D eigenvalue weighted by atomic mass is 35.5. The fourth-order valence-corrected chi connectivity index (χ4v) is 5.02. The topological polar surface area (TPSA) is 68.5 Å². The molecule has 5 rings (SSSR count). The van der Waals surface area contributed by atoms with Crippen molar-refractivity contribution in [2.24, 2.45) is 7.05 Å². The third-order valence-electron chi connectivity index (χ3n) is 6.63. The van der Waals surface area contributed by atoms with Crippen LogP contribution in [0.3, 0.4) is 0 Å². The molecule has 1 aliphatic heterocycles. The summed E-state index contributed by atoms with van der Waals surface area (Å²) in [4.78, 5) is 14.3. The number of fused-ring (bicyclic) bond motifs is 1. The fourth-order valence-electron chi connectivity index (χ4n) is 4.73. The van der Waals surface area contributed by atoms with Crippen molar-refractivity contribution in [1.82, 2.24) is 24.6 Å². The van der Waals surface area contributed by atoms with Gasteiger partial charge in [-0.15, -0.1) is 12.4 Å². The number of nitrogens with zero attached hydrogens (tertiary/aromatic N) is 6. The first-order chi connectivity index (χ1) is 17.6. The maximum absolute atomic E-state index is 6.84. The van der Waals surface area contributed by atoms with Crippen molar-refractivity contribution < 1.29 is 9.47 Å². The minimum absolute atomic E-state index is 0. The molecule has 3 heterocycles. The molecule has 0 N–H and O–H groups in total. The fraction of sp³-hybridized carbons (Fsp3) is 0.370. The molecule has 37 heavy (non-hydrogen) atoms. The summed E-state index contributed by atoms with van der Waals surface area (Å²) in [5.41, 5.74) is 5.18. The van der Waals surface area contributed by atoms with Crippen molar-refractivity contribution in [3.8, 4) is 22.8 Å². The van der Waals surface area contributed by atoms with Gasteiger partial charge < -0.3 is 19.3 Å². The normalized spacial score (nSPS) is 13.5. The van der Waals surface area contributed by atoms with Crippen LogP contribution in [0.2, 0.25) is 5.02 Å². The number of benzene rings is 2. The summed E-state index contributed by atoms with van der Waals surface area (Å²) in [5, 5.41) is 4.82. The Hall–Kier alpha value is -3.07. The number of halogens is 2. The first kappa shape index (κ1) is 27.0. The molecule has 2 aromatic carbocycles. The largest absolute Gasteiger partial charge is 0.497 e. The second-order valence-corrected chi connectivity index (χ2v) is 9.43. The average Bonchev–Trinajstić information content (AvgIpc) is 3.58.